The average Bonchev–Trinajstić information content (AvgIpc) is 2.69. The summed E-state index contributed by atoms with van der Waals surface area (Å²) in [7, 11) is 1.75. The number of ether oxygens (including phenoxy) is 1. The minimum absolute atomic E-state index is 0.321. The number of nitrogens with one attached hydrogen (secondary N) is 2. The van der Waals surface area contributed by atoms with Crippen LogP contribution in [0.5, 0.6) is 0 Å². The lowest BCUT2D eigenvalue weighted by Crippen LogP contribution is -2.36. The molecule has 0 aromatic heterocycles. The van der Waals surface area contributed by atoms with Gasteiger partial charge in [0, 0.05) is 32.8 Å². The fourth-order valence-electron chi connectivity index (χ4n) is 1.88. The maximum absolute atomic E-state index is 5.15. The molecule has 1 atom stereocenters. The first-order chi connectivity index (χ1) is 6.83. The van der Waals surface area contributed by atoms with Gasteiger partial charge in [0.15, 0.2) is 0 Å². The summed E-state index contributed by atoms with van der Waals surface area (Å²) >= 11 is 0. The number of hydrogen-bond acceptors (Lipinski definition) is 3. The third-order valence-electron chi connectivity index (χ3n) is 2.92. The molecule has 0 bridgehead atoms. The van der Waals surface area contributed by atoms with Gasteiger partial charge in [0.05, 0.1) is 6.10 Å². The van der Waals surface area contributed by atoms with Gasteiger partial charge in [0.2, 0.25) is 0 Å². The molecule has 1 fully saturated rings. The molecule has 3 nitrogen and oxygen atoms in total. The molecule has 1 rings (SSSR count). The van der Waals surface area contributed by atoms with E-state index < -0.39 is 0 Å². The topological polar surface area (TPSA) is 33.3 Å². The molecule has 1 aliphatic rings. The van der Waals surface area contributed by atoms with Crippen LogP contribution in [0.4, 0.5) is 0 Å². The average molecular weight is 200 g/mol. The molecule has 14 heavy (non-hydrogen) atoms. The fraction of sp³-hybridized carbons (Fsp3) is 1.00. The smallest absolute Gasteiger partial charge is 0.0667 e. The minimum atomic E-state index is 0.321. The molecule has 84 valence electrons. The molecule has 0 aromatic carbocycles. The first-order valence-corrected chi connectivity index (χ1v) is 5.80. The second-order valence-corrected chi connectivity index (χ2v) is 4.19. The highest BCUT2D eigenvalue weighted by atomic mass is 16.5. The number of methoxy groups -OCH3 is 1. The van der Waals surface area contributed by atoms with Crippen molar-refractivity contribution in [2.45, 2.75) is 44.8 Å². The van der Waals surface area contributed by atoms with Crippen molar-refractivity contribution in [3.8, 4) is 0 Å². The van der Waals surface area contributed by atoms with E-state index in [0.29, 0.717) is 6.10 Å². The van der Waals surface area contributed by atoms with E-state index in [4.69, 9.17) is 4.74 Å². The molecular weight excluding hydrogens is 176 g/mol. The molecule has 0 saturated heterocycles. The van der Waals surface area contributed by atoms with Crippen LogP contribution in [0, 0.1) is 0 Å². The number of hydrogen-bond donors (Lipinski definition) is 2. The Morgan fingerprint density at radius 1 is 1.29 bits per heavy atom. The second-order valence-electron chi connectivity index (χ2n) is 4.19. The zero-order valence-corrected chi connectivity index (χ0v) is 9.51. The zero-order chi connectivity index (χ0) is 10.2. The van der Waals surface area contributed by atoms with E-state index in [2.05, 4.69) is 17.6 Å². The highest BCUT2D eigenvalue weighted by molar-refractivity contribution is 4.73. The molecule has 1 unspecified atom stereocenters. The molecule has 0 aromatic rings. The van der Waals surface area contributed by atoms with Gasteiger partial charge in [-0.05, 0) is 19.8 Å². The van der Waals surface area contributed by atoms with Crippen molar-refractivity contribution >= 4 is 0 Å². The van der Waals surface area contributed by atoms with E-state index in [1.807, 2.05) is 0 Å². The largest absolute Gasteiger partial charge is 0.380 e. The standard InChI is InChI=1S/C11H24N2O/c1-10(14-2)9-12-7-8-13-11-5-3-4-6-11/h10-13H,3-9H2,1-2H3. The van der Waals surface area contributed by atoms with Crippen molar-refractivity contribution in [3.05, 3.63) is 0 Å². The summed E-state index contributed by atoms with van der Waals surface area (Å²) in [5.41, 5.74) is 0. The van der Waals surface area contributed by atoms with Crippen molar-refractivity contribution in [1.82, 2.24) is 10.6 Å². The Hall–Kier alpha value is -0.120. The van der Waals surface area contributed by atoms with Crippen LogP contribution in [0.2, 0.25) is 0 Å². The van der Waals surface area contributed by atoms with Gasteiger partial charge in [-0.1, -0.05) is 12.8 Å². The van der Waals surface area contributed by atoms with E-state index in [9.17, 15) is 0 Å². The fourth-order valence-corrected chi connectivity index (χ4v) is 1.88. The molecule has 0 aliphatic heterocycles. The van der Waals surface area contributed by atoms with Gasteiger partial charge in [-0.2, -0.15) is 0 Å². The Bertz CT molecular complexity index is 135. The quantitative estimate of drug-likeness (QED) is 0.605. The van der Waals surface area contributed by atoms with Gasteiger partial charge in [0.1, 0.15) is 0 Å². The minimum Gasteiger partial charge on any atom is -0.380 e. The summed E-state index contributed by atoms with van der Waals surface area (Å²) < 4.78 is 5.15. The Morgan fingerprint density at radius 3 is 2.64 bits per heavy atom. The van der Waals surface area contributed by atoms with E-state index in [0.717, 1.165) is 25.7 Å². The highest BCUT2D eigenvalue weighted by Crippen LogP contribution is 2.16. The van der Waals surface area contributed by atoms with E-state index in [-0.39, 0.29) is 0 Å². The Balaban J connectivity index is 1.84. The van der Waals surface area contributed by atoms with Crippen LogP contribution in [0.3, 0.4) is 0 Å². The van der Waals surface area contributed by atoms with E-state index in [1.54, 1.807) is 7.11 Å². The third kappa shape index (κ3) is 4.94. The molecule has 1 aliphatic carbocycles. The van der Waals surface area contributed by atoms with E-state index in [1.165, 1.54) is 25.7 Å². The van der Waals surface area contributed by atoms with Gasteiger partial charge >= 0.3 is 0 Å². The van der Waals surface area contributed by atoms with Crippen LogP contribution >= 0.6 is 0 Å². The van der Waals surface area contributed by atoms with E-state index >= 15 is 0 Å². The maximum Gasteiger partial charge on any atom is 0.0667 e. The lowest BCUT2D eigenvalue weighted by atomic mass is 10.2. The Kier molecular flexibility index (Phi) is 6.15. The molecule has 2 N–H and O–H groups in total. The first kappa shape index (κ1) is 12.0. The summed E-state index contributed by atoms with van der Waals surface area (Å²) in [6.45, 7) is 5.16. The molecule has 0 amide bonds. The van der Waals surface area contributed by atoms with Crippen molar-refractivity contribution in [2.75, 3.05) is 26.7 Å². The molecule has 0 heterocycles. The van der Waals surface area contributed by atoms with Gasteiger partial charge < -0.3 is 15.4 Å². The molecule has 0 spiro atoms. The monoisotopic (exact) mass is 200 g/mol. The molecule has 1 saturated carbocycles. The molecule has 3 heteroatoms. The maximum atomic E-state index is 5.15. The predicted molar refractivity (Wildman–Crippen MR) is 59.6 cm³/mol. The zero-order valence-electron chi connectivity index (χ0n) is 9.51. The van der Waals surface area contributed by atoms with Crippen molar-refractivity contribution < 1.29 is 4.74 Å². The van der Waals surface area contributed by atoms with Crippen LogP contribution in [0.25, 0.3) is 0 Å². The summed E-state index contributed by atoms with van der Waals surface area (Å²) in [6.07, 6.45) is 5.88. The van der Waals surface area contributed by atoms with Crippen molar-refractivity contribution in [1.29, 1.82) is 0 Å². The summed E-state index contributed by atoms with van der Waals surface area (Å²) in [5.74, 6) is 0. The van der Waals surface area contributed by atoms with Gasteiger partial charge in [-0.3, -0.25) is 0 Å². The first-order valence-electron chi connectivity index (χ1n) is 5.80. The highest BCUT2D eigenvalue weighted by Gasteiger charge is 2.12. The van der Waals surface area contributed by atoms with Crippen LogP contribution < -0.4 is 10.6 Å². The lowest BCUT2D eigenvalue weighted by molar-refractivity contribution is 0.117. The Morgan fingerprint density at radius 2 is 2.00 bits per heavy atom. The van der Waals surface area contributed by atoms with Gasteiger partial charge in [-0.15, -0.1) is 0 Å². The number of rotatable bonds is 7. The van der Waals surface area contributed by atoms with Crippen LogP contribution in [0.15, 0.2) is 0 Å². The predicted octanol–water partition coefficient (Wildman–Crippen LogP) is 1.14. The summed E-state index contributed by atoms with van der Waals surface area (Å²) in [4.78, 5) is 0. The SMILES string of the molecule is COC(C)CNCCNC1CCCC1. The van der Waals surface area contributed by atoms with Crippen molar-refractivity contribution in [3.63, 3.8) is 0 Å². The van der Waals surface area contributed by atoms with Gasteiger partial charge in [0.25, 0.3) is 0 Å². The second kappa shape index (κ2) is 7.21. The van der Waals surface area contributed by atoms with Crippen LogP contribution in [-0.4, -0.2) is 38.9 Å². The van der Waals surface area contributed by atoms with Crippen molar-refractivity contribution in [2.24, 2.45) is 0 Å². The van der Waals surface area contributed by atoms with Crippen LogP contribution in [-0.2, 0) is 4.74 Å². The third-order valence-corrected chi connectivity index (χ3v) is 2.92. The summed E-state index contributed by atoms with van der Waals surface area (Å²) in [5, 5.41) is 6.94. The normalized spacial score (nSPS) is 20.1. The van der Waals surface area contributed by atoms with Gasteiger partial charge in [-0.25, -0.2) is 0 Å². The molecular formula is C11H24N2O. The molecule has 0 radical (unpaired) electrons. The summed E-state index contributed by atoms with van der Waals surface area (Å²) in [6, 6.07) is 0.789. The Labute approximate surface area is 87.6 Å². The lowest BCUT2D eigenvalue weighted by Gasteiger charge is -2.13. The van der Waals surface area contributed by atoms with Crippen LogP contribution in [0.1, 0.15) is 32.6 Å².